The molecule has 0 unspecified atom stereocenters. The fourth-order valence-corrected chi connectivity index (χ4v) is 6.26. The lowest BCUT2D eigenvalue weighted by atomic mass is 9.90. The highest BCUT2D eigenvalue weighted by atomic mass is 35.5. The SMILES string of the molecule is O=C(CCCN1CCC(Cc2ccc(Cl)cc2)CC1)N1CCC[C@H](Cc2ccc(SC(F)(F)F)cc2)C1. The van der Waals surface area contributed by atoms with Gasteiger partial charge < -0.3 is 9.80 Å². The number of amides is 1. The molecule has 0 N–H and O–H groups in total. The van der Waals surface area contributed by atoms with Crippen molar-refractivity contribution in [3.8, 4) is 0 Å². The van der Waals surface area contributed by atoms with Crippen molar-refractivity contribution in [2.24, 2.45) is 11.8 Å². The van der Waals surface area contributed by atoms with E-state index in [9.17, 15) is 18.0 Å². The van der Waals surface area contributed by atoms with Crippen LogP contribution >= 0.6 is 23.4 Å². The average molecular weight is 553 g/mol. The summed E-state index contributed by atoms with van der Waals surface area (Å²) >= 11 is 5.91. The van der Waals surface area contributed by atoms with Gasteiger partial charge in [0.25, 0.3) is 0 Å². The first-order valence-corrected chi connectivity index (χ1v) is 14.5. The molecule has 2 fully saturated rings. The number of piperidine rings is 2. The summed E-state index contributed by atoms with van der Waals surface area (Å²) in [5.74, 6) is 1.31. The first-order chi connectivity index (χ1) is 17.7. The first kappa shape index (κ1) is 28.3. The van der Waals surface area contributed by atoms with Crippen LogP contribution in [0.1, 0.15) is 49.7 Å². The van der Waals surface area contributed by atoms with Crippen molar-refractivity contribution >= 4 is 29.3 Å². The third-order valence-electron chi connectivity index (χ3n) is 7.56. The van der Waals surface area contributed by atoms with Gasteiger partial charge in [-0.1, -0.05) is 35.9 Å². The molecule has 4 rings (SSSR count). The van der Waals surface area contributed by atoms with E-state index in [1.807, 2.05) is 17.0 Å². The number of hydrogen-bond acceptors (Lipinski definition) is 3. The normalized spacial score (nSPS) is 19.8. The van der Waals surface area contributed by atoms with Gasteiger partial charge in [-0.15, -0.1) is 0 Å². The molecule has 2 heterocycles. The van der Waals surface area contributed by atoms with E-state index in [4.69, 9.17) is 11.6 Å². The van der Waals surface area contributed by atoms with E-state index in [1.165, 1.54) is 18.4 Å². The first-order valence-electron chi connectivity index (χ1n) is 13.3. The van der Waals surface area contributed by atoms with Crippen LogP contribution in [0.4, 0.5) is 13.2 Å². The molecule has 0 saturated carbocycles. The summed E-state index contributed by atoms with van der Waals surface area (Å²) in [5.41, 5.74) is -1.88. The zero-order valence-corrected chi connectivity index (χ0v) is 22.8. The van der Waals surface area contributed by atoms with Gasteiger partial charge >= 0.3 is 5.51 Å². The van der Waals surface area contributed by atoms with Crippen LogP contribution in [-0.4, -0.2) is 53.9 Å². The highest BCUT2D eigenvalue weighted by Gasteiger charge is 2.29. The van der Waals surface area contributed by atoms with Crippen molar-refractivity contribution in [1.82, 2.24) is 9.80 Å². The maximum Gasteiger partial charge on any atom is 0.446 e. The van der Waals surface area contributed by atoms with Gasteiger partial charge in [-0.3, -0.25) is 4.79 Å². The Labute approximate surface area is 227 Å². The molecular formula is C29H36ClF3N2OS. The molecule has 1 amide bonds. The Morgan fingerprint density at radius 2 is 1.51 bits per heavy atom. The maximum absolute atomic E-state index is 12.9. The van der Waals surface area contributed by atoms with Crippen molar-refractivity contribution < 1.29 is 18.0 Å². The van der Waals surface area contributed by atoms with Gasteiger partial charge in [0.1, 0.15) is 0 Å². The van der Waals surface area contributed by atoms with Crippen molar-refractivity contribution in [1.29, 1.82) is 0 Å². The fourth-order valence-electron chi connectivity index (χ4n) is 5.60. The third kappa shape index (κ3) is 9.52. The van der Waals surface area contributed by atoms with Gasteiger partial charge in [-0.25, -0.2) is 0 Å². The van der Waals surface area contributed by atoms with Gasteiger partial charge in [0, 0.05) is 29.4 Å². The average Bonchev–Trinajstić information content (AvgIpc) is 2.87. The maximum atomic E-state index is 12.9. The third-order valence-corrected chi connectivity index (χ3v) is 8.55. The van der Waals surface area contributed by atoms with Crippen molar-refractivity contribution in [2.45, 2.75) is 61.8 Å². The summed E-state index contributed by atoms with van der Waals surface area (Å²) in [4.78, 5) is 17.6. The zero-order chi connectivity index (χ0) is 26.3. The molecule has 2 aliphatic heterocycles. The van der Waals surface area contributed by atoms with E-state index < -0.39 is 5.51 Å². The van der Waals surface area contributed by atoms with E-state index in [2.05, 4.69) is 17.0 Å². The summed E-state index contributed by atoms with van der Waals surface area (Å²) in [6.45, 7) is 4.72. The van der Waals surface area contributed by atoms with Crippen LogP contribution in [0.3, 0.4) is 0 Å². The second-order valence-electron chi connectivity index (χ2n) is 10.5. The summed E-state index contributed by atoms with van der Waals surface area (Å²) in [5, 5.41) is 0.782. The number of likely N-dealkylation sites (tertiary alicyclic amines) is 2. The predicted octanol–water partition coefficient (Wildman–Crippen LogP) is 7.47. The van der Waals surface area contributed by atoms with Crippen molar-refractivity contribution in [3.63, 3.8) is 0 Å². The van der Waals surface area contributed by atoms with Crippen LogP contribution in [0.5, 0.6) is 0 Å². The molecule has 1 atom stereocenters. The summed E-state index contributed by atoms with van der Waals surface area (Å²) in [6.07, 6.45) is 7.80. The summed E-state index contributed by atoms with van der Waals surface area (Å²) in [6, 6.07) is 14.8. The Kier molecular flexibility index (Phi) is 10.2. The largest absolute Gasteiger partial charge is 0.446 e. The van der Waals surface area contributed by atoms with Crippen molar-refractivity contribution in [2.75, 3.05) is 32.7 Å². The van der Waals surface area contributed by atoms with Gasteiger partial charge in [0.2, 0.25) is 5.91 Å². The minimum Gasteiger partial charge on any atom is -0.342 e. The Morgan fingerprint density at radius 3 is 2.16 bits per heavy atom. The van der Waals surface area contributed by atoms with Crippen LogP contribution < -0.4 is 0 Å². The Bertz CT molecular complexity index is 992. The second kappa shape index (κ2) is 13.4. The Balaban J connectivity index is 1.13. The molecule has 3 nitrogen and oxygen atoms in total. The monoisotopic (exact) mass is 552 g/mol. The number of alkyl halides is 3. The van der Waals surface area contributed by atoms with Gasteiger partial charge in [-0.2, -0.15) is 13.2 Å². The second-order valence-corrected chi connectivity index (χ2v) is 12.0. The van der Waals surface area contributed by atoms with E-state index >= 15 is 0 Å². The minimum atomic E-state index is -4.26. The molecular weight excluding hydrogens is 517 g/mol. The van der Waals surface area contributed by atoms with Gasteiger partial charge in [0.15, 0.2) is 0 Å². The van der Waals surface area contributed by atoms with Crippen LogP contribution in [0.2, 0.25) is 5.02 Å². The molecule has 2 aliphatic rings. The lowest BCUT2D eigenvalue weighted by molar-refractivity contribution is -0.133. The molecule has 0 aliphatic carbocycles. The van der Waals surface area contributed by atoms with Crippen LogP contribution in [-0.2, 0) is 17.6 Å². The quantitative estimate of drug-likeness (QED) is 0.301. The molecule has 0 spiro atoms. The van der Waals surface area contributed by atoms with E-state index in [0.717, 1.165) is 75.4 Å². The van der Waals surface area contributed by atoms with Crippen LogP contribution in [0.25, 0.3) is 0 Å². The van der Waals surface area contributed by atoms with Crippen LogP contribution in [0.15, 0.2) is 53.4 Å². The molecule has 0 radical (unpaired) electrons. The van der Waals surface area contributed by atoms with E-state index in [-0.39, 0.29) is 22.6 Å². The molecule has 202 valence electrons. The fraction of sp³-hybridized carbons (Fsp3) is 0.552. The lowest BCUT2D eigenvalue weighted by Crippen LogP contribution is -2.41. The molecule has 2 aromatic rings. The number of thioether (sulfide) groups is 1. The van der Waals surface area contributed by atoms with Gasteiger partial charge in [-0.05, 0) is 124 Å². The standard InChI is InChI=1S/C29H36ClF3N2OS/c30-26-9-5-22(6-10-26)19-24-13-17-34(18-14-24)15-2-4-28(36)35-16-1-3-25(21-35)20-23-7-11-27(12-8-23)37-29(31,32)33/h5-12,24-25H,1-4,13-21H2/t25-/m1/s1. The number of rotatable bonds is 9. The predicted molar refractivity (Wildman–Crippen MR) is 145 cm³/mol. The molecule has 37 heavy (non-hydrogen) atoms. The number of carbonyl (C=O) groups is 1. The number of benzene rings is 2. The number of nitrogens with zero attached hydrogens (tertiary/aromatic N) is 2. The van der Waals surface area contributed by atoms with Gasteiger partial charge in [0.05, 0.1) is 0 Å². The Hall–Kier alpha value is -1.70. The molecule has 2 aromatic carbocycles. The highest BCUT2D eigenvalue weighted by molar-refractivity contribution is 8.00. The summed E-state index contributed by atoms with van der Waals surface area (Å²) in [7, 11) is 0. The number of halogens is 4. The van der Waals surface area contributed by atoms with Crippen LogP contribution in [0, 0.1) is 11.8 Å². The number of carbonyl (C=O) groups excluding carboxylic acids is 1. The number of hydrogen-bond donors (Lipinski definition) is 0. The minimum absolute atomic E-state index is 0.0823. The molecule has 0 bridgehead atoms. The van der Waals surface area contributed by atoms with Crippen molar-refractivity contribution in [3.05, 3.63) is 64.7 Å². The smallest absolute Gasteiger partial charge is 0.342 e. The zero-order valence-electron chi connectivity index (χ0n) is 21.2. The lowest BCUT2D eigenvalue weighted by Gasteiger charge is -2.34. The Morgan fingerprint density at radius 1 is 0.892 bits per heavy atom. The highest BCUT2D eigenvalue weighted by Crippen LogP contribution is 2.37. The molecule has 0 aromatic heterocycles. The molecule has 2 saturated heterocycles. The summed E-state index contributed by atoms with van der Waals surface area (Å²) < 4.78 is 37.6. The van der Waals surface area contributed by atoms with E-state index in [0.29, 0.717) is 18.3 Å². The van der Waals surface area contributed by atoms with E-state index in [1.54, 1.807) is 24.3 Å². The topological polar surface area (TPSA) is 23.6 Å². The molecule has 8 heteroatoms.